The normalized spacial score (nSPS) is 14.4. The lowest BCUT2D eigenvalue weighted by atomic mass is 9.76. The Hall–Kier alpha value is -2.28. The van der Waals surface area contributed by atoms with Gasteiger partial charge in [0.25, 0.3) is 0 Å². The van der Waals surface area contributed by atoms with Crippen molar-refractivity contribution in [3.05, 3.63) is 35.9 Å². The lowest BCUT2D eigenvalue weighted by Crippen LogP contribution is -2.49. The SMILES string of the molecule is CC(C)OC(=O)C(N)(CC(C)(C)C)c1ccc(-c2ncn[nH]2)cc1F. The van der Waals surface area contributed by atoms with Crippen molar-refractivity contribution in [2.24, 2.45) is 11.1 Å². The third-order valence-electron chi connectivity index (χ3n) is 3.65. The fourth-order valence-electron chi connectivity index (χ4n) is 2.80. The number of carbonyl (C=O) groups excluding carboxylic acids is 1. The van der Waals surface area contributed by atoms with Crippen LogP contribution in [0, 0.1) is 11.2 Å². The molecule has 0 aliphatic carbocycles. The van der Waals surface area contributed by atoms with Gasteiger partial charge in [-0.05, 0) is 31.7 Å². The van der Waals surface area contributed by atoms with Crippen LogP contribution >= 0.6 is 0 Å². The molecule has 0 fully saturated rings. The minimum atomic E-state index is -1.58. The summed E-state index contributed by atoms with van der Waals surface area (Å²) < 4.78 is 20.2. The highest BCUT2D eigenvalue weighted by Crippen LogP contribution is 2.36. The highest BCUT2D eigenvalue weighted by atomic mass is 19.1. The Morgan fingerprint density at radius 1 is 1.36 bits per heavy atom. The second-order valence-corrected chi connectivity index (χ2v) is 7.69. The van der Waals surface area contributed by atoms with E-state index in [4.69, 9.17) is 10.5 Å². The Morgan fingerprint density at radius 2 is 2.04 bits per heavy atom. The van der Waals surface area contributed by atoms with Crippen LogP contribution in [0.2, 0.25) is 0 Å². The number of halogens is 1. The standard InChI is InChI=1S/C18H25FN4O2/c1-11(2)25-16(24)18(20,9-17(3,4)5)13-7-6-12(8-14(13)19)15-21-10-22-23-15/h6-8,10-11H,9,20H2,1-5H3,(H,21,22,23). The van der Waals surface area contributed by atoms with Crippen molar-refractivity contribution in [2.45, 2.75) is 52.7 Å². The molecule has 0 saturated carbocycles. The van der Waals surface area contributed by atoms with Gasteiger partial charge in [0, 0.05) is 11.1 Å². The molecule has 0 aliphatic heterocycles. The van der Waals surface area contributed by atoms with Crippen molar-refractivity contribution in [3.63, 3.8) is 0 Å². The van der Waals surface area contributed by atoms with E-state index in [1.165, 1.54) is 18.5 Å². The number of ether oxygens (including phenoxy) is 1. The van der Waals surface area contributed by atoms with Crippen LogP contribution in [0.15, 0.2) is 24.5 Å². The van der Waals surface area contributed by atoms with E-state index in [-0.39, 0.29) is 23.5 Å². The molecule has 1 atom stereocenters. The fraction of sp³-hybridized carbons (Fsp3) is 0.500. The number of hydrogen-bond acceptors (Lipinski definition) is 5. The fourth-order valence-corrected chi connectivity index (χ4v) is 2.80. The molecule has 1 heterocycles. The van der Waals surface area contributed by atoms with Gasteiger partial charge in [0.15, 0.2) is 5.82 Å². The predicted octanol–water partition coefficient (Wildman–Crippen LogP) is 3.15. The van der Waals surface area contributed by atoms with Crippen LogP contribution in [0.4, 0.5) is 4.39 Å². The number of carbonyl (C=O) groups is 1. The van der Waals surface area contributed by atoms with E-state index in [9.17, 15) is 9.18 Å². The summed E-state index contributed by atoms with van der Waals surface area (Å²) >= 11 is 0. The number of rotatable bonds is 5. The van der Waals surface area contributed by atoms with Gasteiger partial charge in [-0.25, -0.2) is 14.2 Å². The molecule has 1 aromatic carbocycles. The molecule has 2 aromatic rings. The van der Waals surface area contributed by atoms with Crippen molar-refractivity contribution >= 4 is 5.97 Å². The zero-order chi connectivity index (χ0) is 18.8. The topological polar surface area (TPSA) is 93.9 Å². The van der Waals surface area contributed by atoms with Crippen LogP contribution in [0.25, 0.3) is 11.4 Å². The van der Waals surface area contributed by atoms with Crippen molar-refractivity contribution in [3.8, 4) is 11.4 Å². The van der Waals surface area contributed by atoms with E-state index in [0.717, 1.165) is 0 Å². The van der Waals surface area contributed by atoms with E-state index in [0.29, 0.717) is 11.4 Å². The number of benzene rings is 1. The van der Waals surface area contributed by atoms with Crippen LogP contribution in [0.1, 0.15) is 46.6 Å². The lowest BCUT2D eigenvalue weighted by molar-refractivity contribution is -0.156. The van der Waals surface area contributed by atoms with Crippen LogP contribution in [0.3, 0.4) is 0 Å². The smallest absolute Gasteiger partial charge is 0.331 e. The summed E-state index contributed by atoms with van der Waals surface area (Å²) in [5.41, 5.74) is 5.16. The predicted molar refractivity (Wildman–Crippen MR) is 92.9 cm³/mol. The van der Waals surface area contributed by atoms with Crippen LogP contribution < -0.4 is 5.73 Å². The van der Waals surface area contributed by atoms with Gasteiger partial charge in [-0.2, -0.15) is 5.10 Å². The van der Waals surface area contributed by atoms with Gasteiger partial charge >= 0.3 is 5.97 Å². The van der Waals surface area contributed by atoms with Crippen molar-refractivity contribution in [1.82, 2.24) is 15.2 Å². The van der Waals surface area contributed by atoms with Crippen molar-refractivity contribution in [1.29, 1.82) is 0 Å². The Bertz CT molecular complexity index is 738. The Kier molecular flexibility index (Phi) is 5.27. The summed E-state index contributed by atoms with van der Waals surface area (Å²) in [6.45, 7) is 9.30. The molecule has 136 valence electrons. The van der Waals surface area contributed by atoms with Gasteiger partial charge in [0.1, 0.15) is 17.7 Å². The number of hydrogen-bond donors (Lipinski definition) is 2. The van der Waals surface area contributed by atoms with Crippen LogP contribution in [-0.2, 0) is 15.1 Å². The number of H-pyrrole nitrogens is 1. The van der Waals surface area contributed by atoms with E-state index >= 15 is 0 Å². The molecule has 0 aliphatic rings. The minimum Gasteiger partial charge on any atom is -0.461 e. The summed E-state index contributed by atoms with van der Waals surface area (Å²) in [6.07, 6.45) is 1.24. The third kappa shape index (κ3) is 4.42. The molecular weight excluding hydrogens is 323 g/mol. The number of aromatic nitrogens is 3. The number of aromatic amines is 1. The molecule has 1 unspecified atom stereocenters. The average Bonchev–Trinajstić information content (AvgIpc) is 2.98. The molecule has 0 radical (unpaired) electrons. The zero-order valence-electron chi connectivity index (χ0n) is 15.3. The van der Waals surface area contributed by atoms with E-state index < -0.39 is 17.3 Å². The zero-order valence-corrected chi connectivity index (χ0v) is 15.3. The maximum absolute atomic E-state index is 14.9. The first-order valence-electron chi connectivity index (χ1n) is 8.19. The molecule has 3 N–H and O–H groups in total. The number of nitrogens with zero attached hydrogens (tertiary/aromatic N) is 2. The molecule has 0 bridgehead atoms. The first-order valence-corrected chi connectivity index (χ1v) is 8.19. The molecule has 7 heteroatoms. The quantitative estimate of drug-likeness (QED) is 0.810. The van der Waals surface area contributed by atoms with Gasteiger partial charge in [0.2, 0.25) is 0 Å². The average molecular weight is 348 g/mol. The van der Waals surface area contributed by atoms with Crippen molar-refractivity contribution < 1.29 is 13.9 Å². The van der Waals surface area contributed by atoms with Gasteiger partial charge < -0.3 is 10.5 Å². The molecule has 0 amide bonds. The van der Waals surface area contributed by atoms with Gasteiger partial charge in [0.05, 0.1) is 6.10 Å². The Balaban J connectivity index is 2.48. The second kappa shape index (κ2) is 6.92. The van der Waals surface area contributed by atoms with E-state index in [2.05, 4.69) is 15.2 Å². The highest BCUT2D eigenvalue weighted by molar-refractivity contribution is 5.83. The van der Waals surface area contributed by atoms with E-state index in [1.54, 1.807) is 19.9 Å². The molecule has 0 saturated heterocycles. The first-order chi connectivity index (χ1) is 11.5. The second-order valence-electron chi connectivity index (χ2n) is 7.69. The molecule has 2 rings (SSSR count). The molecule has 6 nitrogen and oxygen atoms in total. The number of nitrogens with two attached hydrogens (primary N) is 1. The number of esters is 1. The maximum atomic E-state index is 14.9. The summed E-state index contributed by atoms with van der Waals surface area (Å²) in [5, 5.41) is 6.43. The van der Waals surface area contributed by atoms with Gasteiger partial charge in [-0.1, -0.05) is 32.9 Å². The summed E-state index contributed by atoms with van der Waals surface area (Å²) in [5.74, 6) is -0.779. The Labute approximate surface area is 147 Å². The third-order valence-corrected chi connectivity index (χ3v) is 3.65. The van der Waals surface area contributed by atoms with Gasteiger partial charge in [-0.15, -0.1) is 0 Å². The first kappa shape index (κ1) is 19.1. The van der Waals surface area contributed by atoms with Crippen LogP contribution in [-0.4, -0.2) is 27.3 Å². The molecular formula is C18H25FN4O2. The monoisotopic (exact) mass is 348 g/mol. The molecule has 25 heavy (non-hydrogen) atoms. The lowest BCUT2D eigenvalue weighted by Gasteiger charge is -2.34. The van der Waals surface area contributed by atoms with Crippen molar-refractivity contribution in [2.75, 3.05) is 0 Å². The maximum Gasteiger partial charge on any atom is 0.331 e. The van der Waals surface area contributed by atoms with Crippen LogP contribution in [0.5, 0.6) is 0 Å². The van der Waals surface area contributed by atoms with E-state index in [1.807, 2.05) is 20.8 Å². The highest BCUT2D eigenvalue weighted by Gasteiger charge is 2.43. The molecule has 1 aromatic heterocycles. The Morgan fingerprint density at radius 3 is 2.52 bits per heavy atom. The van der Waals surface area contributed by atoms with Gasteiger partial charge in [-0.3, -0.25) is 5.10 Å². The summed E-state index contributed by atoms with van der Waals surface area (Å²) in [7, 11) is 0. The largest absolute Gasteiger partial charge is 0.461 e. The summed E-state index contributed by atoms with van der Waals surface area (Å²) in [4.78, 5) is 16.7. The molecule has 0 spiro atoms. The number of nitrogens with one attached hydrogen (secondary N) is 1. The minimum absolute atomic E-state index is 0.108. The summed E-state index contributed by atoms with van der Waals surface area (Å²) in [6, 6.07) is 4.47.